The number of nitrogens with zero attached hydrogens (tertiary/aromatic N) is 2. The molecule has 6 nitrogen and oxygen atoms in total. The van der Waals surface area contributed by atoms with Crippen molar-refractivity contribution in [2.24, 2.45) is 5.92 Å². The Morgan fingerprint density at radius 1 is 1.39 bits per heavy atom. The molecule has 1 saturated heterocycles. The van der Waals surface area contributed by atoms with Crippen LogP contribution in [0.2, 0.25) is 0 Å². The summed E-state index contributed by atoms with van der Waals surface area (Å²) < 4.78 is 0. The molecule has 3 rings (SSSR count). The summed E-state index contributed by atoms with van der Waals surface area (Å²) in [6.45, 7) is 4.35. The number of H-pyrrole nitrogens is 1. The van der Waals surface area contributed by atoms with Crippen molar-refractivity contribution in [1.82, 2.24) is 10.2 Å². The van der Waals surface area contributed by atoms with Gasteiger partial charge in [-0.25, -0.2) is 0 Å². The van der Waals surface area contributed by atoms with Crippen LogP contribution in [0.4, 0.5) is 11.5 Å². The van der Waals surface area contributed by atoms with Crippen LogP contribution in [0, 0.1) is 12.8 Å². The molecule has 1 aliphatic rings. The minimum Gasteiger partial charge on any atom is -0.312 e. The second kappa shape index (κ2) is 6.24. The molecule has 0 bridgehead atoms. The Balaban J connectivity index is 1.69. The molecule has 6 heteroatoms. The van der Waals surface area contributed by atoms with Gasteiger partial charge in [0.1, 0.15) is 0 Å². The Morgan fingerprint density at radius 3 is 2.78 bits per heavy atom. The monoisotopic (exact) mass is 312 g/mol. The van der Waals surface area contributed by atoms with Crippen LogP contribution in [0.25, 0.3) is 0 Å². The molecule has 2 aromatic rings. The van der Waals surface area contributed by atoms with Gasteiger partial charge in [-0.1, -0.05) is 25.1 Å². The quantitative estimate of drug-likeness (QED) is 0.909. The van der Waals surface area contributed by atoms with Gasteiger partial charge in [-0.3, -0.25) is 14.7 Å². The van der Waals surface area contributed by atoms with Crippen molar-refractivity contribution in [3.63, 3.8) is 0 Å². The second-order valence-corrected chi connectivity index (χ2v) is 5.76. The summed E-state index contributed by atoms with van der Waals surface area (Å²) in [5.74, 6) is 0.0136. The Hall–Kier alpha value is -2.63. The van der Waals surface area contributed by atoms with Gasteiger partial charge in [0.15, 0.2) is 5.82 Å². The first kappa shape index (κ1) is 15.3. The molecular weight excluding hydrogens is 292 g/mol. The number of aryl methyl sites for hydroxylation is 1. The number of nitrogens with one attached hydrogen (secondary N) is 2. The van der Waals surface area contributed by atoms with Gasteiger partial charge in [0.05, 0.1) is 5.92 Å². The van der Waals surface area contributed by atoms with Gasteiger partial charge in [0.2, 0.25) is 11.8 Å². The number of hydrogen-bond donors (Lipinski definition) is 2. The first-order valence-corrected chi connectivity index (χ1v) is 7.80. The Labute approximate surface area is 134 Å². The molecule has 1 unspecified atom stereocenters. The van der Waals surface area contributed by atoms with Crippen molar-refractivity contribution in [2.75, 3.05) is 16.8 Å². The van der Waals surface area contributed by atoms with E-state index in [-0.39, 0.29) is 24.2 Å². The highest BCUT2D eigenvalue weighted by atomic mass is 16.2. The predicted octanol–water partition coefficient (Wildman–Crippen LogP) is 2.27. The molecule has 0 saturated carbocycles. The maximum Gasteiger partial charge on any atom is 0.231 e. The van der Waals surface area contributed by atoms with Gasteiger partial charge in [0.25, 0.3) is 0 Å². The fourth-order valence-electron chi connectivity index (χ4n) is 2.86. The Bertz CT molecular complexity index is 723. The molecule has 1 atom stereocenters. The largest absolute Gasteiger partial charge is 0.312 e. The van der Waals surface area contributed by atoms with Gasteiger partial charge in [-0.05, 0) is 25.5 Å². The topological polar surface area (TPSA) is 78.1 Å². The second-order valence-electron chi connectivity index (χ2n) is 5.76. The van der Waals surface area contributed by atoms with Crippen LogP contribution < -0.4 is 10.2 Å². The summed E-state index contributed by atoms with van der Waals surface area (Å²) >= 11 is 0. The lowest BCUT2D eigenvalue weighted by Gasteiger charge is -2.16. The number of aromatic nitrogens is 2. The van der Waals surface area contributed by atoms with Gasteiger partial charge < -0.3 is 10.2 Å². The van der Waals surface area contributed by atoms with E-state index in [1.165, 1.54) is 0 Å². The number of amides is 2. The van der Waals surface area contributed by atoms with Crippen molar-refractivity contribution < 1.29 is 9.59 Å². The summed E-state index contributed by atoms with van der Waals surface area (Å²) in [5, 5.41) is 9.90. The molecule has 2 N–H and O–H groups in total. The summed E-state index contributed by atoms with van der Waals surface area (Å²) in [4.78, 5) is 26.3. The van der Waals surface area contributed by atoms with Crippen LogP contribution in [0.15, 0.2) is 30.3 Å². The van der Waals surface area contributed by atoms with Gasteiger partial charge in [-0.15, -0.1) is 0 Å². The lowest BCUT2D eigenvalue weighted by atomic mass is 10.1. The number of carbonyl (C=O) groups is 2. The molecule has 23 heavy (non-hydrogen) atoms. The number of para-hydroxylation sites is 1. The molecule has 1 aromatic heterocycles. The van der Waals surface area contributed by atoms with Crippen LogP contribution in [-0.2, 0) is 16.0 Å². The van der Waals surface area contributed by atoms with Gasteiger partial charge in [-0.2, -0.15) is 5.10 Å². The van der Waals surface area contributed by atoms with E-state index in [9.17, 15) is 9.59 Å². The van der Waals surface area contributed by atoms with Gasteiger partial charge >= 0.3 is 0 Å². The van der Waals surface area contributed by atoms with E-state index in [2.05, 4.69) is 15.5 Å². The lowest BCUT2D eigenvalue weighted by Crippen LogP contribution is -2.28. The first-order chi connectivity index (χ1) is 11.1. The molecule has 0 aliphatic carbocycles. The van der Waals surface area contributed by atoms with Crippen molar-refractivity contribution >= 4 is 23.3 Å². The van der Waals surface area contributed by atoms with Crippen LogP contribution in [0.3, 0.4) is 0 Å². The molecule has 0 radical (unpaired) electrons. The highest BCUT2D eigenvalue weighted by Gasteiger charge is 2.35. The van der Waals surface area contributed by atoms with Crippen LogP contribution >= 0.6 is 0 Å². The highest BCUT2D eigenvalue weighted by molar-refractivity contribution is 6.03. The summed E-state index contributed by atoms with van der Waals surface area (Å²) in [5.41, 5.74) is 2.79. The first-order valence-electron chi connectivity index (χ1n) is 7.80. The third-order valence-electron chi connectivity index (χ3n) is 4.27. The SMILES string of the molecule is CCc1[nH]nc(NC(=O)C2CC(=O)N(c3ccccc3)C2)c1C. The Morgan fingerprint density at radius 2 is 2.13 bits per heavy atom. The zero-order valence-electron chi connectivity index (χ0n) is 13.3. The third kappa shape index (κ3) is 2.97. The zero-order valence-corrected chi connectivity index (χ0v) is 13.3. The predicted molar refractivity (Wildman–Crippen MR) is 88.2 cm³/mol. The number of carbonyl (C=O) groups excluding carboxylic acids is 2. The van der Waals surface area contributed by atoms with Gasteiger partial charge in [0, 0.05) is 29.9 Å². The van der Waals surface area contributed by atoms with E-state index in [4.69, 9.17) is 0 Å². The molecule has 2 amide bonds. The average Bonchev–Trinajstić information content (AvgIpc) is 3.12. The van der Waals surface area contributed by atoms with E-state index in [0.717, 1.165) is 23.4 Å². The number of benzene rings is 1. The summed E-state index contributed by atoms with van der Waals surface area (Å²) in [6.07, 6.45) is 1.06. The van der Waals surface area contributed by atoms with Crippen molar-refractivity contribution in [3.05, 3.63) is 41.6 Å². The number of hydrogen-bond acceptors (Lipinski definition) is 3. The zero-order chi connectivity index (χ0) is 16.4. The number of aromatic amines is 1. The van der Waals surface area contributed by atoms with Crippen molar-refractivity contribution in [1.29, 1.82) is 0 Å². The maximum absolute atomic E-state index is 12.4. The van der Waals surface area contributed by atoms with E-state index in [1.54, 1.807) is 4.90 Å². The average molecular weight is 312 g/mol. The molecule has 1 fully saturated rings. The smallest absolute Gasteiger partial charge is 0.231 e. The van der Waals surface area contributed by atoms with Crippen LogP contribution in [-0.4, -0.2) is 28.6 Å². The van der Waals surface area contributed by atoms with E-state index < -0.39 is 0 Å². The standard InChI is InChI=1S/C17H20N4O2/c1-3-14-11(2)16(20-19-14)18-17(23)12-9-15(22)21(10-12)13-7-5-4-6-8-13/h4-8,12H,3,9-10H2,1-2H3,(H2,18,19,20,23). The van der Waals surface area contributed by atoms with E-state index >= 15 is 0 Å². The lowest BCUT2D eigenvalue weighted by molar-refractivity contribution is -0.122. The molecular formula is C17H20N4O2. The van der Waals surface area contributed by atoms with Crippen LogP contribution in [0.1, 0.15) is 24.6 Å². The Kier molecular flexibility index (Phi) is 4.14. The van der Waals surface area contributed by atoms with E-state index in [1.807, 2.05) is 44.2 Å². The molecule has 1 aromatic carbocycles. The molecule has 120 valence electrons. The number of anilines is 2. The summed E-state index contributed by atoms with van der Waals surface area (Å²) in [7, 11) is 0. The molecule has 0 spiro atoms. The van der Waals surface area contributed by atoms with Crippen LogP contribution in [0.5, 0.6) is 0 Å². The fraction of sp³-hybridized carbons (Fsp3) is 0.353. The van der Waals surface area contributed by atoms with E-state index in [0.29, 0.717) is 12.4 Å². The van der Waals surface area contributed by atoms with Crippen molar-refractivity contribution in [2.45, 2.75) is 26.7 Å². The fourth-order valence-corrected chi connectivity index (χ4v) is 2.86. The maximum atomic E-state index is 12.4. The summed E-state index contributed by atoms with van der Waals surface area (Å²) in [6, 6.07) is 9.43. The molecule has 2 heterocycles. The minimum absolute atomic E-state index is 0.0238. The van der Waals surface area contributed by atoms with Crippen molar-refractivity contribution in [3.8, 4) is 0 Å². The molecule has 1 aliphatic heterocycles. The number of rotatable bonds is 4. The third-order valence-corrected chi connectivity index (χ3v) is 4.27. The minimum atomic E-state index is -0.358. The highest BCUT2D eigenvalue weighted by Crippen LogP contribution is 2.26. The normalized spacial score (nSPS) is 17.6.